The highest BCUT2D eigenvalue weighted by Gasteiger charge is 2.12. The Morgan fingerprint density at radius 3 is 1.50 bits per heavy atom. The molecule has 0 heterocycles. The van der Waals surface area contributed by atoms with Crippen LogP contribution in [-0.4, -0.2) is 0 Å². The summed E-state index contributed by atoms with van der Waals surface area (Å²) >= 11 is 0. The van der Waals surface area contributed by atoms with Crippen molar-refractivity contribution in [3.05, 3.63) is 125 Å². The van der Waals surface area contributed by atoms with Crippen LogP contribution in [0, 0.1) is 20.8 Å². The Hall–Kier alpha value is -3.58. The van der Waals surface area contributed by atoms with Gasteiger partial charge >= 0.3 is 0 Å². The molecule has 0 aromatic heterocycles. The third-order valence-electron chi connectivity index (χ3n) is 5.18. The summed E-state index contributed by atoms with van der Waals surface area (Å²) in [5, 5.41) is 0. The van der Waals surface area contributed by atoms with Crippen LogP contribution in [0.5, 0.6) is 0 Å². The molecule has 1 heteroatoms. The Morgan fingerprint density at radius 1 is 0.467 bits per heavy atom. The fourth-order valence-electron chi connectivity index (χ4n) is 3.68. The van der Waals surface area contributed by atoms with Gasteiger partial charge < -0.3 is 4.90 Å². The van der Waals surface area contributed by atoms with E-state index in [0.717, 1.165) is 5.69 Å². The lowest BCUT2D eigenvalue weighted by Gasteiger charge is -2.26. The summed E-state index contributed by atoms with van der Waals surface area (Å²) in [6, 6.07) is 34.6. The lowest BCUT2D eigenvalue weighted by Crippen LogP contribution is -2.10. The van der Waals surface area contributed by atoms with Gasteiger partial charge in [0, 0.05) is 17.1 Å². The van der Waals surface area contributed by atoms with Gasteiger partial charge in [-0.05, 0) is 79.4 Å². The quantitative estimate of drug-likeness (QED) is 0.311. The van der Waals surface area contributed by atoms with Crippen molar-refractivity contribution < 1.29 is 0 Å². The minimum atomic E-state index is 1.15. The molecule has 0 fully saturated rings. The highest BCUT2D eigenvalue weighted by molar-refractivity contribution is 5.78. The van der Waals surface area contributed by atoms with E-state index in [1.807, 2.05) is 0 Å². The summed E-state index contributed by atoms with van der Waals surface area (Å²) in [6.45, 7) is 6.39. The number of aryl methyl sites for hydroxylation is 3. The summed E-state index contributed by atoms with van der Waals surface area (Å²) in [4.78, 5) is 2.31. The van der Waals surface area contributed by atoms with E-state index in [9.17, 15) is 0 Å². The number of hydrogen-bond acceptors (Lipinski definition) is 1. The van der Waals surface area contributed by atoms with Crippen LogP contribution in [0.1, 0.15) is 27.8 Å². The molecule has 4 rings (SSSR count). The van der Waals surface area contributed by atoms with Crippen molar-refractivity contribution in [3.8, 4) is 0 Å². The van der Waals surface area contributed by atoms with Gasteiger partial charge in [-0.15, -0.1) is 0 Å². The van der Waals surface area contributed by atoms with Gasteiger partial charge in [-0.3, -0.25) is 0 Å². The summed E-state index contributed by atoms with van der Waals surface area (Å²) in [6.07, 6.45) is 4.34. The van der Waals surface area contributed by atoms with E-state index < -0.39 is 0 Å². The zero-order valence-corrected chi connectivity index (χ0v) is 17.8. The molecule has 4 aromatic carbocycles. The van der Waals surface area contributed by atoms with Gasteiger partial charge in [0.1, 0.15) is 0 Å². The first-order valence-corrected chi connectivity index (χ1v) is 10.4. The lowest BCUT2D eigenvalue weighted by atomic mass is 10.1. The number of rotatable bonds is 5. The van der Waals surface area contributed by atoms with Crippen molar-refractivity contribution in [1.29, 1.82) is 0 Å². The molecule has 0 amide bonds. The van der Waals surface area contributed by atoms with Crippen molar-refractivity contribution in [1.82, 2.24) is 0 Å². The SMILES string of the molecule is Cc1cccc(/C=C/c2ccc(N(c3cccc(C)c3)c3cccc(C)c3)cc2)c1. The standard InChI is InChI=1S/C29H27N/c1-22-7-4-10-26(19-22)14-13-25-15-17-27(18-16-25)30(28-11-5-8-23(2)20-28)29-12-6-9-24(3)21-29/h4-21H,1-3H3/b14-13+. The van der Waals surface area contributed by atoms with Crippen LogP contribution in [0.15, 0.2) is 97.1 Å². The number of benzene rings is 4. The maximum Gasteiger partial charge on any atom is 0.0464 e. The number of hydrogen-bond donors (Lipinski definition) is 0. The minimum absolute atomic E-state index is 1.15. The molecule has 30 heavy (non-hydrogen) atoms. The predicted molar refractivity (Wildman–Crippen MR) is 131 cm³/mol. The van der Waals surface area contributed by atoms with Crippen LogP contribution >= 0.6 is 0 Å². The molecule has 0 saturated carbocycles. The first-order chi connectivity index (χ1) is 14.6. The number of nitrogens with zero attached hydrogens (tertiary/aromatic N) is 1. The molecule has 0 N–H and O–H groups in total. The molecule has 1 nitrogen and oxygen atoms in total. The fourth-order valence-corrected chi connectivity index (χ4v) is 3.68. The van der Waals surface area contributed by atoms with E-state index in [1.165, 1.54) is 39.2 Å². The largest absolute Gasteiger partial charge is 0.310 e. The van der Waals surface area contributed by atoms with E-state index in [4.69, 9.17) is 0 Å². The molecule has 0 unspecified atom stereocenters. The van der Waals surface area contributed by atoms with Gasteiger partial charge in [-0.2, -0.15) is 0 Å². The second kappa shape index (κ2) is 8.84. The molecule has 0 aliphatic carbocycles. The smallest absolute Gasteiger partial charge is 0.0464 e. The van der Waals surface area contributed by atoms with Crippen molar-refractivity contribution in [2.24, 2.45) is 0 Å². The van der Waals surface area contributed by atoms with Gasteiger partial charge in [0.05, 0.1) is 0 Å². The Labute approximate surface area is 179 Å². The molecular formula is C29H27N. The summed E-state index contributed by atoms with van der Waals surface area (Å²) < 4.78 is 0. The molecule has 0 radical (unpaired) electrons. The van der Waals surface area contributed by atoms with Crippen LogP contribution in [0.3, 0.4) is 0 Å². The van der Waals surface area contributed by atoms with Gasteiger partial charge in [-0.1, -0.05) is 78.4 Å². The molecule has 4 aromatic rings. The zero-order valence-electron chi connectivity index (χ0n) is 17.8. The minimum Gasteiger partial charge on any atom is -0.310 e. The van der Waals surface area contributed by atoms with Crippen molar-refractivity contribution >= 4 is 29.2 Å². The van der Waals surface area contributed by atoms with Gasteiger partial charge in [0.25, 0.3) is 0 Å². The van der Waals surface area contributed by atoms with Gasteiger partial charge in [0.15, 0.2) is 0 Å². The summed E-state index contributed by atoms with van der Waals surface area (Å²) in [5.41, 5.74) is 9.69. The van der Waals surface area contributed by atoms with Gasteiger partial charge in [0.2, 0.25) is 0 Å². The van der Waals surface area contributed by atoms with Crippen LogP contribution in [0.25, 0.3) is 12.2 Å². The highest BCUT2D eigenvalue weighted by atomic mass is 15.1. The van der Waals surface area contributed by atoms with Crippen LogP contribution in [0.4, 0.5) is 17.1 Å². The molecule has 148 valence electrons. The molecule has 0 bridgehead atoms. The average molecular weight is 390 g/mol. The Balaban J connectivity index is 1.67. The topological polar surface area (TPSA) is 3.24 Å². The highest BCUT2D eigenvalue weighted by Crippen LogP contribution is 2.35. The summed E-state index contributed by atoms with van der Waals surface area (Å²) in [5.74, 6) is 0. The van der Waals surface area contributed by atoms with E-state index in [0.29, 0.717) is 0 Å². The molecule has 0 aliphatic heterocycles. The maximum absolute atomic E-state index is 2.31. The van der Waals surface area contributed by atoms with E-state index in [-0.39, 0.29) is 0 Å². The molecule has 0 saturated heterocycles. The summed E-state index contributed by atoms with van der Waals surface area (Å²) in [7, 11) is 0. The molecule has 0 atom stereocenters. The fraction of sp³-hybridized carbons (Fsp3) is 0.103. The molecule has 0 spiro atoms. The molecular weight excluding hydrogens is 362 g/mol. The lowest BCUT2D eigenvalue weighted by molar-refractivity contribution is 1.26. The normalized spacial score (nSPS) is 11.0. The first-order valence-electron chi connectivity index (χ1n) is 10.4. The van der Waals surface area contributed by atoms with E-state index >= 15 is 0 Å². The Morgan fingerprint density at radius 2 is 0.967 bits per heavy atom. The van der Waals surface area contributed by atoms with Gasteiger partial charge in [-0.25, -0.2) is 0 Å². The third-order valence-corrected chi connectivity index (χ3v) is 5.18. The van der Waals surface area contributed by atoms with Crippen molar-refractivity contribution in [2.45, 2.75) is 20.8 Å². The Bertz CT molecular complexity index is 1120. The van der Waals surface area contributed by atoms with E-state index in [2.05, 4.69) is 135 Å². The predicted octanol–water partition coefficient (Wildman–Crippen LogP) is 8.25. The Kier molecular flexibility index (Phi) is 5.81. The average Bonchev–Trinajstić information content (AvgIpc) is 2.74. The molecule has 0 aliphatic rings. The van der Waals surface area contributed by atoms with E-state index in [1.54, 1.807) is 0 Å². The third kappa shape index (κ3) is 4.69. The van der Waals surface area contributed by atoms with Crippen LogP contribution in [-0.2, 0) is 0 Å². The second-order valence-electron chi connectivity index (χ2n) is 7.85. The van der Waals surface area contributed by atoms with Crippen molar-refractivity contribution in [2.75, 3.05) is 4.90 Å². The van der Waals surface area contributed by atoms with Crippen LogP contribution < -0.4 is 4.90 Å². The zero-order chi connectivity index (χ0) is 20.9. The monoisotopic (exact) mass is 389 g/mol. The number of anilines is 3. The maximum atomic E-state index is 2.31. The van der Waals surface area contributed by atoms with Crippen LogP contribution in [0.2, 0.25) is 0 Å². The second-order valence-corrected chi connectivity index (χ2v) is 7.85. The van der Waals surface area contributed by atoms with Crippen molar-refractivity contribution in [3.63, 3.8) is 0 Å². The first kappa shape index (κ1) is 19.7.